The van der Waals surface area contributed by atoms with Crippen molar-refractivity contribution in [3.8, 4) is 0 Å². The Hall–Kier alpha value is -0.0800. The Morgan fingerprint density at radius 3 is 2.88 bits per heavy atom. The molecule has 2 heteroatoms. The monoisotopic (exact) mass is 226 g/mol. The minimum Gasteiger partial charge on any atom is -0.316 e. The molecule has 0 saturated carbocycles. The van der Waals surface area contributed by atoms with Gasteiger partial charge in [-0.1, -0.05) is 32.6 Å². The molecule has 1 rings (SSSR count). The molecule has 96 valence electrons. The second-order valence-electron chi connectivity index (χ2n) is 5.37. The van der Waals surface area contributed by atoms with Gasteiger partial charge in [0, 0.05) is 6.04 Å². The summed E-state index contributed by atoms with van der Waals surface area (Å²) in [5, 5.41) is 7.17. The minimum atomic E-state index is 0.707. The maximum absolute atomic E-state index is 3.69. The van der Waals surface area contributed by atoms with Crippen molar-refractivity contribution in [3.05, 3.63) is 0 Å². The predicted molar refractivity (Wildman–Crippen MR) is 71.8 cm³/mol. The maximum Gasteiger partial charge on any atom is 0.00388 e. The molecule has 1 saturated heterocycles. The fraction of sp³-hybridized carbons (Fsp3) is 1.00. The van der Waals surface area contributed by atoms with E-state index in [1.807, 2.05) is 0 Å². The summed E-state index contributed by atoms with van der Waals surface area (Å²) in [6, 6.07) is 0.707. The van der Waals surface area contributed by atoms with Crippen molar-refractivity contribution in [1.29, 1.82) is 0 Å². The van der Waals surface area contributed by atoms with Crippen molar-refractivity contribution < 1.29 is 0 Å². The van der Waals surface area contributed by atoms with Crippen LogP contribution in [0.3, 0.4) is 0 Å². The van der Waals surface area contributed by atoms with E-state index < -0.39 is 0 Å². The number of hydrogen-bond donors (Lipinski definition) is 2. The third-order valence-electron chi connectivity index (χ3n) is 3.64. The van der Waals surface area contributed by atoms with Gasteiger partial charge in [-0.25, -0.2) is 0 Å². The van der Waals surface area contributed by atoms with Gasteiger partial charge < -0.3 is 10.6 Å². The first-order valence-electron chi connectivity index (χ1n) is 7.27. The van der Waals surface area contributed by atoms with Crippen LogP contribution in [0.15, 0.2) is 0 Å². The van der Waals surface area contributed by atoms with Crippen LogP contribution in [0.2, 0.25) is 0 Å². The molecule has 2 nitrogen and oxygen atoms in total. The molecule has 0 aromatic carbocycles. The summed E-state index contributed by atoms with van der Waals surface area (Å²) in [6.07, 6.45) is 9.66. The molecule has 0 amide bonds. The van der Waals surface area contributed by atoms with Gasteiger partial charge in [-0.05, 0) is 51.7 Å². The Morgan fingerprint density at radius 2 is 2.19 bits per heavy atom. The SMILES string of the molecule is CCCCCCC(C)NCC1CCCNC1. The molecule has 2 N–H and O–H groups in total. The van der Waals surface area contributed by atoms with Crippen molar-refractivity contribution in [3.63, 3.8) is 0 Å². The van der Waals surface area contributed by atoms with Crippen LogP contribution in [0.4, 0.5) is 0 Å². The lowest BCUT2D eigenvalue weighted by Gasteiger charge is -2.25. The van der Waals surface area contributed by atoms with Gasteiger partial charge in [-0.15, -0.1) is 0 Å². The summed E-state index contributed by atoms with van der Waals surface area (Å²) >= 11 is 0. The molecule has 16 heavy (non-hydrogen) atoms. The first-order chi connectivity index (χ1) is 7.83. The molecule has 1 aliphatic heterocycles. The Balaban J connectivity index is 1.94. The van der Waals surface area contributed by atoms with Crippen LogP contribution in [-0.4, -0.2) is 25.7 Å². The van der Waals surface area contributed by atoms with Gasteiger partial charge in [0.05, 0.1) is 0 Å². The van der Waals surface area contributed by atoms with Gasteiger partial charge in [0.1, 0.15) is 0 Å². The molecule has 0 spiro atoms. The van der Waals surface area contributed by atoms with Gasteiger partial charge in [0.15, 0.2) is 0 Å². The van der Waals surface area contributed by atoms with Crippen molar-refractivity contribution in [2.45, 2.75) is 64.8 Å². The molecular formula is C14H30N2. The number of rotatable bonds is 8. The van der Waals surface area contributed by atoms with E-state index in [-0.39, 0.29) is 0 Å². The lowest BCUT2D eigenvalue weighted by molar-refractivity contribution is 0.340. The quantitative estimate of drug-likeness (QED) is 0.622. The Kier molecular flexibility index (Phi) is 7.87. The van der Waals surface area contributed by atoms with Crippen LogP contribution in [0.25, 0.3) is 0 Å². The lowest BCUT2D eigenvalue weighted by Crippen LogP contribution is -2.38. The highest BCUT2D eigenvalue weighted by atomic mass is 14.9. The standard InChI is InChI=1S/C14H30N2/c1-3-4-5-6-8-13(2)16-12-14-9-7-10-15-11-14/h13-16H,3-12H2,1-2H3. The fourth-order valence-electron chi connectivity index (χ4n) is 2.45. The number of hydrogen-bond acceptors (Lipinski definition) is 2. The van der Waals surface area contributed by atoms with Crippen LogP contribution < -0.4 is 10.6 Å². The fourth-order valence-corrected chi connectivity index (χ4v) is 2.45. The molecule has 2 unspecified atom stereocenters. The Morgan fingerprint density at radius 1 is 1.31 bits per heavy atom. The zero-order chi connectivity index (χ0) is 11.6. The van der Waals surface area contributed by atoms with E-state index in [9.17, 15) is 0 Å². The first-order valence-corrected chi connectivity index (χ1v) is 7.27. The van der Waals surface area contributed by atoms with Crippen molar-refractivity contribution in [2.24, 2.45) is 5.92 Å². The van der Waals surface area contributed by atoms with Crippen molar-refractivity contribution in [1.82, 2.24) is 10.6 Å². The van der Waals surface area contributed by atoms with Crippen LogP contribution in [0.5, 0.6) is 0 Å². The second kappa shape index (κ2) is 9.00. The molecule has 2 atom stereocenters. The van der Waals surface area contributed by atoms with Crippen LogP contribution in [-0.2, 0) is 0 Å². The summed E-state index contributed by atoms with van der Waals surface area (Å²) in [6.45, 7) is 8.26. The highest BCUT2D eigenvalue weighted by molar-refractivity contribution is 4.72. The van der Waals surface area contributed by atoms with Crippen molar-refractivity contribution >= 4 is 0 Å². The topological polar surface area (TPSA) is 24.1 Å². The van der Waals surface area contributed by atoms with E-state index >= 15 is 0 Å². The third-order valence-corrected chi connectivity index (χ3v) is 3.64. The maximum atomic E-state index is 3.69. The van der Waals surface area contributed by atoms with Crippen LogP contribution in [0, 0.1) is 5.92 Å². The van der Waals surface area contributed by atoms with E-state index in [1.54, 1.807) is 0 Å². The highest BCUT2D eigenvalue weighted by Crippen LogP contribution is 2.10. The smallest absolute Gasteiger partial charge is 0.00388 e. The van der Waals surface area contributed by atoms with Gasteiger partial charge in [-0.2, -0.15) is 0 Å². The number of nitrogens with one attached hydrogen (secondary N) is 2. The number of unbranched alkanes of at least 4 members (excludes halogenated alkanes) is 3. The van der Waals surface area contributed by atoms with E-state index in [2.05, 4.69) is 24.5 Å². The largest absolute Gasteiger partial charge is 0.316 e. The molecule has 1 aliphatic rings. The molecule has 0 aliphatic carbocycles. The highest BCUT2D eigenvalue weighted by Gasteiger charge is 2.13. The molecule has 0 aromatic heterocycles. The van der Waals surface area contributed by atoms with Gasteiger partial charge in [0.25, 0.3) is 0 Å². The van der Waals surface area contributed by atoms with E-state index in [0.717, 1.165) is 5.92 Å². The van der Waals surface area contributed by atoms with Gasteiger partial charge in [-0.3, -0.25) is 0 Å². The first kappa shape index (κ1) is 14.0. The summed E-state index contributed by atoms with van der Waals surface area (Å²) in [5.41, 5.74) is 0. The second-order valence-corrected chi connectivity index (χ2v) is 5.37. The Bertz CT molecular complexity index is 153. The van der Waals surface area contributed by atoms with Crippen molar-refractivity contribution in [2.75, 3.05) is 19.6 Å². The van der Waals surface area contributed by atoms with Gasteiger partial charge >= 0.3 is 0 Å². The minimum absolute atomic E-state index is 0.707. The summed E-state index contributed by atoms with van der Waals surface area (Å²) < 4.78 is 0. The average molecular weight is 226 g/mol. The van der Waals surface area contributed by atoms with Crippen LogP contribution in [0.1, 0.15) is 58.8 Å². The molecule has 1 heterocycles. The number of piperidine rings is 1. The normalized spacial score (nSPS) is 23.2. The molecule has 0 bridgehead atoms. The lowest BCUT2D eigenvalue weighted by atomic mass is 9.99. The van der Waals surface area contributed by atoms with Crippen LogP contribution >= 0.6 is 0 Å². The van der Waals surface area contributed by atoms with E-state index in [0.29, 0.717) is 6.04 Å². The molecular weight excluding hydrogens is 196 g/mol. The predicted octanol–water partition coefficient (Wildman–Crippen LogP) is 2.93. The van der Waals surface area contributed by atoms with E-state index in [4.69, 9.17) is 0 Å². The molecule has 0 aromatic rings. The Labute approximate surface area is 102 Å². The summed E-state index contributed by atoms with van der Waals surface area (Å²) in [5.74, 6) is 0.867. The zero-order valence-corrected chi connectivity index (χ0v) is 11.2. The zero-order valence-electron chi connectivity index (χ0n) is 11.2. The summed E-state index contributed by atoms with van der Waals surface area (Å²) in [4.78, 5) is 0. The third kappa shape index (κ3) is 6.49. The molecule has 1 fully saturated rings. The average Bonchev–Trinajstić information content (AvgIpc) is 2.33. The molecule has 0 radical (unpaired) electrons. The van der Waals surface area contributed by atoms with Gasteiger partial charge in [0.2, 0.25) is 0 Å². The van der Waals surface area contributed by atoms with E-state index in [1.165, 1.54) is 64.6 Å². The summed E-state index contributed by atoms with van der Waals surface area (Å²) in [7, 11) is 0.